The number of likely N-dealkylation sites (N-methyl/N-ethyl adjacent to an activating group) is 1. The van der Waals surface area contributed by atoms with E-state index in [-0.39, 0.29) is 12.5 Å². The van der Waals surface area contributed by atoms with E-state index >= 15 is 0 Å². The van der Waals surface area contributed by atoms with Gasteiger partial charge >= 0.3 is 0 Å². The van der Waals surface area contributed by atoms with Gasteiger partial charge in [0.2, 0.25) is 5.91 Å². The number of rotatable bonds is 6. The van der Waals surface area contributed by atoms with Crippen molar-refractivity contribution < 1.29 is 4.79 Å². The highest BCUT2D eigenvalue weighted by molar-refractivity contribution is 5.75. The molecule has 3 heterocycles. The molecule has 2 N–H and O–H groups in total. The van der Waals surface area contributed by atoms with Crippen LogP contribution in [-0.4, -0.2) is 50.9 Å². The van der Waals surface area contributed by atoms with Crippen molar-refractivity contribution in [2.24, 2.45) is 0 Å². The average Bonchev–Trinajstić information content (AvgIpc) is 3.39. The third kappa shape index (κ3) is 4.14. The Labute approximate surface area is 164 Å². The van der Waals surface area contributed by atoms with Crippen LogP contribution in [0.1, 0.15) is 30.1 Å². The summed E-state index contributed by atoms with van der Waals surface area (Å²) in [6.07, 6.45) is 4.09. The number of H-pyrrole nitrogens is 1. The third-order valence-electron chi connectivity index (χ3n) is 5.28. The summed E-state index contributed by atoms with van der Waals surface area (Å²) < 4.78 is 1.85. The topological polar surface area (TPSA) is 78.8 Å². The Hall–Kier alpha value is -2.93. The van der Waals surface area contributed by atoms with Crippen LogP contribution in [0.2, 0.25) is 0 Å². The van der Waals surface area contributed by atoms with Gasteiger partial charge in [-0.2, -0.15) is 10.2 Å². The molecule has 1 amide bonds. The standard InChI is InChI=1S/C21H26N6O/c1-26(14-18-12-19(25-24-18)16-6-3-2-4-7-16)21(28)15-27-20(9-11-23-27)17-8-5-10-22-13-17/h2-4,6-7,9,11-12,17,22H,5,8,10,13-15H2,1H3,(H,24,25)/t17-/m1/s1. The fraction of sp³-hybridized carbons (Fsp3) is 0.381. The van der Waals surface area contributed by atoms with Gasteiger partial charge in [-0.25, -0.2) is 0 Å². The molecule has 1 saturated heterocycles. The maximum Gasteiger partial charge on any atom is 0.244 e. The van der Waals surface area contributed by atoms with Crippen LogP contribution in [0.4, 0.5) is 0 Å². The van der Waals surface area contributed by atoms with Gasteiger partial charge in [-0.3, -0.25) is 14.6 Å². The van der Waals surface area contributed by atoms with Crippen LogP contribution in [0.5, 0.6) is 0 Å². The normalized spacial score (nSPS) is 16.8. The monoisotopic (exact) mass is 378 g/mol. The first-order chi connectivity index (χ1) is 13.7. The quantitative estimate of drug-likeness (QED) is 0.690. The smallest absolute Gasteiger partial charge is 0.244 e. The minimum absolute atomic E-state index is 0.0320. The Morgan fingerprint density at radius 3 is 2.93 bits per heavy atom. The van der Waals surface area contributed by atoms with Gasteiger partial charge in [-0.05, 0) is 31.5 Å². The fourth-order valence-corrected chi connectivity index (χ4v) is 3.72. The molecule has 1 aliphatic heterocycles. The number of nitrogens with one attached hydrogen (secondary N) is 2. The second-order valence-corrected chi connectivity index (χ2v) is 7.35. The molecular weight excluding hydrogens is 352 g/mol. The number of hydrogen-bond donors (Lipinski definition) is 2. The summed E-state index contributed by atoms with van der Waals surface area (Å²) in [6, 6.07) is 14.0. The van der Waals surface area contributed by atoms with E-state index in [9.17, 15) is 4.79 Å². The van der Waals surface area contributed by atoms with Crippen molar-refractivity contribution in [1.29, 1.82) is 0 Å². The molecular formula is C21H26N6O. The maximum atomic E-state index is 12.7. The van der Waals surface area contributed by atoms with Crippen LogP contribution < -0.4 is 5.32 Å². The third-order valence-corrected chi connectivity index (χ3v) is 5.28. The Morgan fingerprint density at radius 1 is 1.29 bits per heavy atom. The molecule has 0 spiro atoms. The number of carbonyl (C=O) groups excluding carboxylic acids is 1. The maximum absolute atomic E-state index is 12.7. The zero-order valence-electron chi connectivity index (χ0n) is 16.1. The van der Waals surface area contributed by atoms with Gasteiger partial charge in [0.05, 0.1) is 17.9 Å². The summed E-state index contributed by atoms with van der Waals surface area (Å²) in [5.41, 5.74) is 3.99. The second kappa shape index (κ2) is 8.39. The minimum atomic E-state index is 0.0320. The van der Waals surface area contributed by atoms with Crippen LogP contribution in [0.15, 0.2) is 48.7 Å². The lowest BCUT2D eigenvalue weighted by molar-refractivity contribution is -0.131. The Kier molecular flexibility index (Phi) is 5.53. The van der Waals surface area contributed by atoms with Gasteiger partial charge in [0, 0.05) is 37.0 Å². The van der Waals surface area contributed by atoms with Crippen molar-refractivity contribution in [2.75, 3.05) is 20.1 Å². The van der Waals surface area contributed by atoms with E-state index in [0.717, 1.165) is 48.6 Å². The van der Waals surface area contributed by atoms with E-state index in [1.54, 1.807) is 11.1 Å². The lowest BCUT2D eigenvalue weighted by Crippen LogP contribution is -2.33. The van der Waals surface area contributed by atoms with Crippen molar-refractivity contribution >= 4 is 5.91 Å². The number of piperidine rings is 1. The number of nitrogens with zero attached hydrogens (tertiary/aromatic N) is 4. The Bertz CT molecular complexity index is 910. The molecule has 1 atom stereocenters. The summed E-state index contributed by atoms with van der Waals surface area (Å²) in [6.45, 7) is 2.77. The van der Waals surface area contributed by atoms with Gasteiger partial charge in [0.15, 0.2) is 0 Å². The Morgan fingerprint density at radius 2 is 2.14 bits per heavy atom. The van der Waals surface area contributed by atoms with E-state index < -0.39 is 0 Å². The molecule has 4 rings (SSSR count). The fourth-order valence-electron chi connectivity index (χ4n) is 3.72. The van der Waals surface area contributed by atoms with Gasteiger partial charge in [0.1, 0.15) is 6.54 Å². The van der Waals surface area contributed by atoms with Gasteiger partial charge in [-0.1, -0.05) is 30.3 Å². The molecule has 146 valence electrons. The number of hydrogen-bond acceptors (Lipinski definition) is 4. The molecule has 2 aromatic heterocycles. The SMILES string of the molecule is CN(Cc1cc(-c2ccccc2)n[nH]1)C(=O)Cn1nccc1[C@@H]1CCCNC1. The number of amides is 1. The zero-order chi connectivity index (χ0) is 19.3. The molecule has 1 aromatic carbocycles. The predicted molar refractivity (Wildman–Crippen MR) is 108 cm³/mol. The predicted octanol–water partition coefficient (Wildman–Crippen LogP) is 2.40. The molecule has 28 heavy (non-hydrogen) atoms. The minimum Gasteiger partial charge on any atom is -0.338 e. The highest BCUT2D eigenvalue weighted by Gasteiger charge is 2.21. The zero-order valence-corrected chi connectivity index (χ0v) is 16.1. The van der Waals surface area contributed by atoms with Crippen molar-refractivity contribution in [2.45, 2.75) is 31.8 Å². The number of aromatic amines is 1. The molecule has 0 unspecified atom stereocenters. The van der Waals surface area contributed by atoms with Crippen molar-refractivity contribution in [3.63, 3.8) is 0 Å². The molecule has 0 aliphatic carbocycles. The van der Waals surface area contributed by atoms with Crippen LogP contribution in [0, 0.1) is 0 Å². The van der Waals surface area contributed by atoms with Gasteiger partial charge in [-0.15, -0.1) is 0 Å². The number of aromatic nitrogens is 4. The van der Waals surface area contributed by atoms with E-state index in [1.807, 2.05) is 54.2 Å². The number of benzene rings is 1. The molecule has 7 nitrogen and oxygen atoms in total. The molecule has 1 fully saturated rings. The van der Waals surface area contributed by atoms with Crippen LogP contribution in [0.25, 0.3) is 11.3 Å². The van der Waals surface area contributed by atoms with Gasteiger partial charge in [0.25, 0.3) is 0 Å². The molecule has 3 aromatic rings. The highest BCUT2D eigenvalue weighted by atomic mass is 16.2. The lowest BCUT2D eigenvalue weighted by Gasteiger charge is -2.24. The average molecular weight is 378 g/mol. The molecule has 1 aliphatic rings. The summed E-state index contributed by atoms with van der Waals surface area (Å²) in [5.74, 6) is 0.458. The summed E-state index contributed by atoms with van der Waals surface area (Å²) in [5, 5.41) is 15.2. The largest absolute Gasteiger partial charge is 0.338 e. The first kappa shape index (κ1) is 18.4. The van der Waals surface area contributed by atoms with Crippen molar-refractivity contribution in [3.05, 3.63) is 60.0 Å². The van der Waals surface area contributed by atoms with E-state index in [1.165, 1.54) is 0 Å². The van der Waals surface area contributed by atoms with E-state index in [2.05, 4.69) is 20.6 Å². The van der Waals surface area contributed by atoms with Crippen LogP contribution in [0.3, 0.4) is 0 Å². The molecule has 0 radical (unpaired) electrons. The molecule has 0 bridgehead atoms. The molecule has 7 heteroatoms. The Balaban J connectivity index is 1.38. The first-order valence-corrected chi connectivity index (χ1v) is 9.77. The van der Waals surface area contributed by atoms with Gasteiger partial charge < -0.3 is 10.2 Å². The summed E-state index contributed by atoms with van der Waals surface area (Å²) >= 11 is 0. The van der Waals surface area contributed by atoms with Crippen molar-refractivity contribution in [1.82, 2.24) is 30.2 Å². The summed E-state index contributed by atoms with van der Waals surface area (Å²) in [4.78, 5) is 14.5. The van der Waals surface area contributed by atoms with E-state index in [4.69, 9.17) is 0 Å². The first-order valence-electron chi connectivity index (χ1n) is 9.77. The lowest BCUT2D eigenvalue weighted by atomic mass is 9.96. The summed E-state index contributed by atoms with van der Waals surface area (Å²) in [7, 11) is 1.82. The van der Waals surface area contributed by atoms with E-state index in [0.29, 0.717) is 12.5 Å². The molecule has 0 saturated carbocycles. The van der Waals surface area contributed by atoms with Crippen molar-refractivity contribution in [3.8, 4) is 11.3 Å². The number of carbonyl (C=O) groups is 1. The van der Waals surface area contributed by atoms with Crippen LogP contribution >= 0.6 is 0 Å². The highest BCUT2D eigenvalue weighted by Crippen LogP contribution is 2.23. The van der Waals surface area contributed by atoms with Crippen LogP contribution in [-0.2, 0) is 17.9 Å². The second-order valence-electron chi connectivity index (χ2n) is 7.35.